The monoisotopic (exact) mass is 432 g/mol. The Labute approximate surface area is 190 Å². The summed E-state index contributed by atoms with van der Waals surface area (Å²) in [6.07, 6.45) is 4.66. The average Bonchev–Trinajstić information content (AvgIpc) is 3.38. The van der Waals surface area contributed by atoms with Gasteiger partial charge in [0, 0.05) is 52.2 Å². The molecular formula is C25H32N6O. The molecule has 0 bridgehead atoms. The zero-order chi connectivity index (χ0) is 22.0. The molecule has 0 amide bonds. The second-order valence-corrected chi connectivity index (χ2v) is 7.93. The third-order valence-electron chi connectivity index (χ3n) is 5.60. The lowest BCUT2D eigenvalue weighted by Crippen LogP contribution is -2.38. The maximum Gasteiger partial charge on any atom is 0.191 e. The molecule has 2 N–H and O–H groups in total. The van der Waals surface area contributed by atoms with Gasteiger partial charge in [0.1, 0.15) is 0 Å². The molecule has 1 aliphatic rings. The highest BCUT2D eigenvalue weighted by molar-refractivity contribution is 5.79. The molecule has 7 heteroatoms. The minimum atomic E-state index is 0.745. The minimum absolute atomic E-state index is 0.745. The summed E-state index contributed by atoms with van der Waals surface area (Å²) in [5.74, 6) is 0.816. The third-order valence-corrected chi connectivity index (χ3v) is 5.60. The van der Waals surface area contributed by atoms with Gasteiger partial charge < -0.3 is 15.4 Å². The van der Waals surface area contributed by atoms with Crippen LogP contribution < -0.4 is 10.6 Å². The fourth-order valence-corrected chi connectivity index (χ4v) is 3.82. The smallest absolute Gasteiger partial charge is 0.191 e. The van der Waals surface area contributed by atoms with Gasteiger partial charge in [0.05, 0.1) is 18.9 Å². The molecule has 32 heavy (non-hydrogen) atoms. The number of nitrogens with one attached hydrogen (secondary N) is 2. The number of rotatable bonds is 8. The Morgan fingerprint density at radius 1 is 1.00 bits per heavy atom. The van der Waals surface area contributed by atoms with Crippen molar-refractivity contribution in [3.63, 3.8) is 0 Å². The van der Waals surface area contributed by atoms with E-state index in [1.54, 1.807) is 6.20 Å². The van der Waals surface area contributed by atoms with Crippen molar-refractivity contribution in [3.8, 4) is 5.69 Å². The Morgan fingerprint density at radius 3 is 2.56 bits per heavy atom. The zero-order valence-electron chi connectivity index (χ0n) is 18.7. The van der Waals surface area contributed by atoms with Crippen molar-refractivity contribution in [1.82, 2.24) is 25.3 Å². The third kappa shape index (κ3) is 6.42. The van der Waals surface area contributed by atoms with Crippen LogP contribution in [0.5, 0.6) is 0 Å². The minimum Gasteiger partial charge on any atom is -0.379 e. The summed E-state index contributed by atoms with van der Waals surface area (Å²) in [5.41, 5.74) is 4.94. The van der Waals surface area contributed by atoms with Gasteiger partial charge in [-0.2, -0.15) is 5.10 Å². The van der Waals surface area contributed by atoms with Crippen LogP contribution in [-0.4, -0.2) is 60.5 Å². The molecule has 1 aromatic heterocycles. The van der Waals surface area contributed by atoms with Gasteiger partial charge in [-0.15, -0.1) is 0 Å². The molecule has 0 spiro atoms. The first kappa shape index (κ1) is 22.0. The zero-order valence-corrected chi connectivity index (χ0v) is 18.7. The van der Waals surface area contributed by atoms with E-state index < -0.39 is 0 Å². The molecule has 1 fully saturated rings. The van der Waals surface area contributed by atoms with Gasteiger partial charge in [-0.1, -0.05) is 36.4 Å². The number of guanidine groups is 1. The summed E-state index contributed by atoms with van der Waals surface area (Å²) in [7, 11) is 1.81. The Morgan fingerprint density at radius 2 is 1.81 bits per heavy atom. The van der Waals surface area contributed by atoms with E-state index in [4.69, 9.17) is 4.74 Å². The molecule has 0 saturated carbocycles. The summed E-state index contributed by atoms with van der Waals surface area (Å²) >= 11 is 0. The fourth-order valence-electron chi connectivity index (χ4n) is 3.82. The summed E-state index contributed by atoms with van der Waals surface area (Å²) in [5, 5.41) is 11.1. The van der Waals surface area contributed by atoms with E-state index in [2.05, 4.69) is 74.2 Å². The molecule has 0 unspecified atom stereocenters. The normalized spacial score (nSPS) is 15.0. The van der Waals surface area contributed by atoms with E-state index in [1.807, 2.05) is 24.0 Å². The first-order chi connectivity index (χ1) is 15.8. The number of aromatic nitrogens is 2. The Balaban J connectivity index is 1.21. The van der Waals surface area contributed by atoms with E-state index in [0.717, 1.165) is 64.0 Å². The van der Waals surface area contributed by atoms with Crippen molar-refractivity contribution in [1.29, 1.82) is 0 Å². The highest BCUT2D eigenvalue weighted by atomic mass is 16.5. The molecule has 2 heterocycles. The molecule has 168 valence electrons. The van der Waals surface area contributed by atoms with Gasteiger partial charge in [0.15, 0.2) is 5.96 Å². The van der Waals surface area contributed by atoms with Crippen LogP contribution in [0.3, 0.4) is 0 Å². The molecule has 0 atom stereocenters. The molecule has 0 radical (unpaired) electrons. The summed E-state index contributed by atoms with van der Waals surface area (Å²) in [4.78, 5) is 6.80. The molecule has 1 saturated heterocycles. The molecule has 0 aliphatic carbocycles. The summed E-state index contributed by atoms with van der Waals surface area (Å²) < 4.78 is 7.31. The quantitative estimate of drug-likeness (QED) is 0.423. The van der Waals surface area contributed by atoms with Crippen LogP contribution in [0.15, 0.2) is 72.0 Å². The van der Waals surface area contributed by atoms with Crippen LogP contribution in [0.25, 0.3) is 5.69 Å². The topological polar surface area (TPSA) is 66.7 Å². The van der Waals surface area contributed by atoms with E-state index in [9.17, 15) is 0 Å². The van der Waals surface area contributed by atoms with E-state index >= 15 is 0 Å². The van der Waals surface area contributed by atoms with Crippen molar-refractivity contribution in [3.05, 3.63) is 83.7 Å². The van der Waals surface area contributed by atoms with Gasteiger partial charge in [-0.05, 0) is 41.3 Å². The number of aliphatic imine (C=N–C) groups is 1. The largest absolute Gasteiger partial charge is 0.379 e. The Hall–Kier alpha value is -3.16. The van der Waals surface area contributed by atoms with Crippen LogP contribution in [0, 0.1) is 0 Å². The van der Waals surface area contributed by atoms with Crippen LogP contribution >= 0.6 is 0 Å². The fraction of sp³-hybridized carbons (Fsp3) is 0.360. The standard InChI is InChI=1S/C25H32N6O/c1-26-25(27-12-10-21-6-8-24(9-7-21)31-13-3-11-29-31)28-19-22-4-2-5-23(18-22)20-30-14-16-32-17-15-30/h2-9,11,13,18H,10,12,14-17,19-20H2,1H3,(H2,26,27,28). The van der Waals surface area contributed by atoms with E-state index in [-0.39, 0.29) is 0 Å². The molecule has 3 aromatic rings. The van der Waals surface area contributed by atoms with Gasteiger partial charge in [-0.3, -0.25) is 9.89 Å². The van der Waals surface area contributed by atoms with Crippen molar-refractivity contribution in [2.45, 2.75) is 19.5 Å². The predicted octanol–water partition coefficient (Wildman–Crippen LogP) is 2.61. The lowest BCUT2D eigenvalue weighted by Gasteiger charge is -2.26. The lowest BCUT2D eigenvalue weighted by molar-refractivity contribution is 0.0342. The average molecular weight is 433 g/mol. The molecular weight excluding hydrogens is 400 g/mol. The highest BCUT2D eigenvalue weighted by Gasteiger charge is 2.10. The van der Waals surface area contributed by atoms with Crippen molar-refractivity contribution in [2.24, 2.45) is 4.99 Å². The second-order valence-electron chi connectivity index (χ2n) is 7.93. The van der Waals surface area contributed by atoms with Crippen molar-refractivity contribution >= 4 is 5.96 Å². The second kappa shape index (κ2) is 11.5. The number of morpholine rings is 1. The molecule has 7 nitrogen and oxygen atoms in total. The SMILES string of the molecule is CN=C(NCCc1ccc(-n2cccn2)cc1)NCc1cccc(CN2CCOCC2)c1. The number of ether oxygens (including phenoxy) is 1. The van der Waals surface area contributed by atoms with E-state index in [0.29, 0.717) is 0 Å². The van der Waals surface area contributed by atoms with Crippen LogP contribution in [0.2, 0.25) is 0 Å². The van der Waals surface area contributed by atoms with Crippen molar-refractivity contribution < 1.29 is 4.74 Å². The first-order valence-electron chi connectivity index (χ1n) is 11.2. The molecule has 2 aromatic carbocycles. The van der Waals surface area contributed by atoms with Gasteiger partial charge >= 0.3 is 0 Å². The highest BCUT2D eigenvalue weighted by Crippen LogP contribution is 2.11. The Bertz CT molecular complexity index is 978. The first-order valence-corrected chi connectivity index (χ1v) is 11.2. The lowest BCUT2D eigenvalue weighted by atomic mass is 10.1. The van der Waals surface area contributed by atoms with Gasteiger partial charge in [-0.25, -0.2) is 4.68 Å². The van der Waals surface area contributed by atoms with Gasteiger partial charge in [0.2, 0.25) is 0 Å². The number of hydrogen-bond acceptors (Lipinski definition) is 4. The maximum absolute atomic E-state index is 5.44. The van der Waals surface area contributed by atoms with Crippen LogP contribution in [0.1, 0.15) is 16.7 Å². The number of benzene rings is 2. The van der Waals surface area contributed by atoms with Crippen molar-refractivity contribution in [2.75, 3.05) is 39.9 Å². The maximum atomic E-state index is 5.44. The number of nitrogens with zero attached hydrogens (tertiary/aromatic N) is 4. The van der Waals surface area contributed by atoms with E-state index in [1.165, 1.54) is 16.7 Å². The Kier molecular flexibility index (Phi) is 7.89. The summed E-state index contributed by atoms with van der Waals surface area (Å²) in [6, 6.07) is 19.2. The van der Waals surface area contributed by atoms with Gasteiger partial charge in [0.25, 0.3) is 0 Å². The summed E-state index contributed by atoms with van der Waals surface area (Å²) in [6.45, 7) is 6.21. The predicted molar refractivity (Wildman–Crippen MR) is 128 cm³/mol. The van der Waals surface area contributed by atoms with Crippen LogP contribution in [0.4, 0.5) is 0 Å². The van der Waals surface area contributed by atoms with Crippen LogP contribution in [-0.2, 0) is 24.2 Å². The number of hydrogen-bond donors (Lipinski definition) is 2. The molecule has 1 aliphatic heterocycles. The molecule has 4 rings (SSSR count).